The number of rotatable bonds is 4. The zero-order valence-corrected chi connectivity index (χ0v) is 11.5. The fourth-order valence-electron chi connectivity index (χ4n) is 3.34. The van der Waals surface area contributed by atoms with Gasteiger partial charge in [0.2, 0.25) is 0 Å². The topological polar surface area (TPSA) is 55.6 Å². The first kappa shape index (κ1) is 13.5. The molecule has 1 aliphatic heterocycles. The van der Waals surface area contributed by atoms with Crippen molar-refractivity contribution in [1.29, 1.82) is 0 Å². The second-order valence-electron chi connectivity index (χ2n) is 5.62. The van der Waals surface area contributed by atoms with E-state index in [9.17, 15) is 10.1 Å². The van der Waals surface area contributed by atoms with Crippen molar-refractivity contribution < 1.29 is 9.66 Å². The van der Waals surface area contributed by atoms with E-state index in [1.165, 1.54) is 19.3 Å². The molecule has 1 aromatic carbocycles. The molecular formula is C15H20N2O3. The Balaban J connectivity index is 1.57. The van der Waals surface area contributed by atoms with Crippen LogP contribution < -0.4 is 0 Å². The normalized spacial score (nSPS) is 26.4. The van der Waals surface area contributed by atoms with Crippen LogP contribution in [0.25, 0.3) is 0 Å². The minimum atomic E-state index is -0.352. The highest BCUT2D eigenvalue weighted by molar-refractivity contribution is 5.32. The maximum atomic E-state index is 10.6. The minimum absolute atomic E-state index is 0.163. The molecule has 108 valence electrons. The highest BCUT2D eigenvalue weighted by atomic mass is 16.6. The molecule has 1 aliphatic carbocycles. The van der Waals surface area contributed by atoms with E-state index >= 15 is 0 Å². The average Bonchev–Trinajstić information content (AvgIpc) is 2.94. The molecule has 2 aliphatic rings. The van der Waals surface area contributed by atoms with Gasteiger partial charge in [-0.05, 0) is 31.2 Å². The van der Waals surface area contributed by atoms with Crippen LogP contribution in [0.3, 0.4) is 0 Å². The highest BCUT2D eigenvalue weighted by Crippen LogP contribution is 2.29. The van der Waals surface area contributed by atoms with Gasteiger partial charge in [0.05, 0.1) is 17.6 Å². The van der Waals surface area contributed by atoms with Gasteiger partial charge < -0.3 is 4.74 Å². The summed E-state index contributed by atoms with van der Waals surface area (Å²) in [6, 6.07) is 7.50. The number of morpholine rings is 1. The number of fused-ring (bicyclic) bond motifs is 1. The molecule has 0 radical (unpaired) electrons. The molecule has 0 aromatic heterocycles. The van der Waals surface area contributed by atoms with Gasteiger partial charge in [-0.25, -0.2) is 0 Å². The Morgan fingerprint density at radius 2 is 2.10 bits per heavy atom. The number of benzene rings is 1. The lowest BCUT2D eigenvalue weighted by molar-refractivity contribution is -0.384. The Labute approximate surface area is 118 Å². The number of hydrogen-bond donors (Lipinski definition) is 0. The molecule has 2 atom stereocenters. The monoisotopic (exact) mass is 276 g/mol. The largest absolute Gasteiger partial charge is 0.375 e. The summed E-state index contributed by atoms with van der Waals surface area (Å²) in [5.74, 6) is 0. The minimum Gasteiger partial charge on any atom is -0.375 e. The molecule has 1 saturated carbocycles. The molecule has 0 bridgehead atoms. The van der Waals surface area contributed by atoms with Gasteiger partial charge in [-0.3, -0.25) is 15.0 Å². The summed E-state index contributed by atoms with van der Waals surface area (Å²) in [7, 11) is 0. The summed E-state index contributed by atoms with van der Waals surface area (Å²) in [6.45, 7) is 2.86. The first-order chi connectivity index (χ1) is 9.74. The lowest BCUT2D eigenvalue weighted by Crippen LogP contribution is -2.49. The van der Waals surface area contributed by atoms with E-state index in [1.807, 2.05) is 12.1 Å². The molecule has 0 spiro atoms. The molecule has 0 amide bonds. The second-order valence-corrected chi connectivity index (χ2v) is 5.62. The zero-order chi connectivity index (χ0) is 13.9. The van der Waals surface area contributed by atoms with Gasteiger partial charge in [0, 0.05) is 31.3 Å². The zero-order valence-electron chi connectivity index (χ0n) is 11.5. The molecule has 5 heteroatoms. The molecule has 2 fully saturated rings. The molecule has 0 N–H and O–H groups in total. The van der Waals surface area contributed by atoms with Crippen molar-refractivity contribution in [3.63, 3.8) is 0 Å². The Morgan fingerprint density at radius 1 is 1.30 bits per heavy atom. The van der Waals surface area contributed by atoms with Crippen LogP contribution in [0.5, 0.6) is 0 Å². The Hall–Kier alpha value is -1.46. The maximum absolute atomic E-state index is 10.6. The summed E-state index contributed by atoms with van der Waals surface area (Å²) < 4.78 is 5.81. The van der Waals surface area contributed by atoms with Crippen LogP contribution in [0.1, 0.15) is 24.8 Å². The molecule has 0 unspecified atom stereocenters. The van der Waals surface area contributed by atoms with Crippen molar-refractivity contribution in [2.45, 2.75) is 37.8 Å². The molecule has 20 heavy (non-hydrogen) atoms. The standard InChI is InChI=1S/C15H20N2O3/c18-17(19)13-6-4-12(5-7-13)8-9-16-10-11-20-15-3-1-2-14(15)16/h4-7,14-15H,1-3,8-11H2/t14-,15+/m0/s1. The summed E-state index contributed by atoms with van der Waals surface area (Å²) >= 11 is 0. The third-order valence-electron chi connectivity index (χ3n) is 4.43. The SMILES string of the molecule is O=[N+]([O-])c1ccc(CCN2CCO[C@@H]3CCC[C@@H]32)cc1. The van der Waals surface area contributed by atoms with E-state index < -0.39 is 0 Å². The smallest absolute Gasteiger partial charge is 0.269 e. The third-order valence-corrected chi connectivity index (χ3v) is 4.43. The van der Waals surface area contributed by atoms with Crippen LogP contribution in [0, 0.1) is 10.1 Å². The fraction of sp³-hybridized carbons (Fsp3) is 0.600. The molecular weight excluding hydrogens is 256 g/mol. The molecule has 1 heterocycles. The number of non-ortho nitro benzene ring substituents is 1. The van der Waals surface area contributed by atoms with Gasteiger partial charge >= 0.3 is 0 Å². The summed E-state index contributed by atoms with van der Waals surface area (Å²) in [5.41, 5.74) is 1.33. The van der Waals surface area contributed by atoms with Gasteiger partial charge in [-0.15, -0.1) is 0 Å². The van der Waals surface area contributed by atoms with Gasteiger partial charge in [0.15, 0.2) is 0 Å². The highest BCUT2D eigenvalue weighted by Gasteiger charge is 2.35. The van der Waals surface area contributed by atoms with E-state index in [2.05, 4.69) is 4.90 Å². The quantitative estimate of drug-likeness (QED) is 0.626. The number of nitrogens with zero attached hydrogens (tertiary/aromatic N) is 2. The van der Waals surface area contributed by atoms with Crippen molar-refractivity contribution in [2.75, 3.05) is 19.7 Å². The van der Waals surface area contributed by atoms with Crippen molar-refractivity contribution >= 4 is 5.69 Å². The van der Waals surface area contributed by atoms with Crippen LogP contribution in [0.2, 0.25) is 0 Å². The van der Waals surface area contributed by atoms with Crippen LogP contribution in [0.4, 0.5) is 5.69 Å². The molecule has 5 nitrogen and oxygen atoms in total. The van der Waals surface area contributed by atoms with Gasteiger partial charge in [-0.2, -0.15) is 0 Å². The number of nitro benzene ring substituents is 1. The summed E-state index contributed by atoms with van der Waals surface area (Å²) in [5, 5.41) is 10.6. The van der Waals surface area contributed by atoms with Gasteiger partial charge in [0.1, 0.15) is 0 Å². The Morgan fingerprint density at radius 3 is 2.85 bits per heavy atom. The van der Waals surface area contributed by atoms with Crippen LogP contribution in [0.15, 0.2) is 24.3 Å². The van der Waals surface area contributed by atoms with Crippen molar-refractivity contribution in [3.05, 3.63) is 39.9 Å². The van der Waals surface area contributed by atoms with Crippen molar-refractivity contribution in [3.8, 4) is 0 Å². The molecule has 1 aromatic rings. The van der Waals surface area contributed by atoms with E-state index in [1.54, 1.807) is 12.1 Å². The van der Waals surface area contributed by atoms with Gasteiger partial charge in [-0.1, -0.05) is 12.1 Å². The van der Waals surface area contributed by atoms with E-state index in [-0.39, 0.29) is 10.6 Å². The predicted molar refractivity (Wildman–Crippen MR) is 75.8 cm³/mol. The van der Waals surface area contributed by atoms with Gasteiger partial charge in [0.25, 0.3) is 5.69 Å². The van der Waals surface area contributed by atoms with Crippen LogP contribution >= 0.6 is 0 Å². The predicted octanol–water partition coefficient (Wildman–Crippen LogP) is 2.39. The van der Waals surface area contributed by atoms with Crippen molar-refractivity contribution in [2.24, 2.45) is 0 Å². The summed E-state index contributed by atoms with van der Waals surface area (Å²) in [4.78, 5) is 12.8. The lowest BCUT2D eigenvalue weighted by Gasteiger charge is -2.37. The van der Waals surface area contributed by atoms with Crippen molar-refractivity contribution in [1.82, 2.24) is 4.90 Å². The van der Waals surface area contributed by atoms with Crippen LogP contribution in [-0.2, 0) is 11.2 Å². The molecule has 3 rings (SSSR count). The number of nitro groups is 1. The van der Waals surface area contributed by atoms with E-state index in [4.69, 9.17) is 4.74 Å². The second kappa shape index (κ2) is 5.89. The van der Waals surface area contributed by atoms with E-state index in [0.29, 0.717) is 12.1 Å². The molecule has 1 saturated heterocycles. The van der Waals surface area contributed by atoms with E-state index in [0.717, 1.165) is 31.7 Å². The fourth-order valence-corrected chi connectivity index (χ4v) is 3.34. The number of ether oxygens (including phenoxy) is 1. The van der Waals surface area contributed by atoms with Crippen LogP contribution in [-0.4, -0.2) is 41.7 Å². The Bertz CT molecular complexity index is 475. The number of hydrogen-bond acceptors (Lipinski definition) is 4. The Kier molecular flexibility index (Phi) is 3.98. The third kappa shape index (κ3) is 2.83. The first-order valence-electron chi connectivity index (χ1n) is 7.33. The summed E-state index contributed by atoms with van der Waals surface area (Å²) in [6.07, 6.45) is 5.08. The first-order valence-corrected chi connectivity index (χ1v) is 7.33. The maximum Gasteiger partial charge on any atom is 0.269 e. The average molecular weight is 276 g/mol. The lowest BCUT2D eigenvalue weighted by atomic mass is 10.1.